The van der Waals surface area contributed by atoms with Crippen molar-refractivity contribution < 1.29 is 26.4 Å². The van der Waals surface area contributed by atoms with Crippen molar-refractivity contribution in [2.75, 3.05) is 39.5 Å². The summed E-state index contributed by atoms with van der Waals surface area (Å²) in [6.07, 6.45) is 1.51. The molecule has 2 aromatic carbocycles. The summed E-state index contributed by atoms with van der Waals surface area (Å²) >= 11 is 7.27. The lowest BCUT2D eigenvalue weighted by Gasteiger charge is -2.39. The summed E-state index contributed by atoms with van der Waals surface area (Å²) in [5.41, 5.74) is 0.831. The molecule has 1 saturated heterocycles. The van der Waals surface area contributed by atoms with E-state index < -0.39 is 44.4 Å². The number of nitrogens with one attached hydrogen (secondary N) is 1. The number of fused-ring (bicyclic) bond motifs is 2. The predicted molar refractivity (Wildman–Crippen MR) is 155 cm³/mol. The van der Waals surface area contributed by atoms with Crippen molar-refractivity contribution in [3.05, 3.63) is 57.0 Å². The molecule has 1 unspecified atom stereocenters. The van der Waals surface area contributed by atoms with E-state index in [-0.39, 0.29) is 35.4 Å². The molecule has 216 valence electrons. The number of piperazine rings is 1. The van der Waals surface area contributed by atoms with Gasteiger partial charge in [0.05, 0.1) is 16.8 Å². The van der Waals surface area contributed by atoms with E-state index in [1.807, 2.05) is 11.8 Å². The normalized spacial score (nSPS) is 18.7. The van der Waals surface area contributed by atoms with Crippen LogP contribution in [0.4, 0.5) is 0 Å². The topological polar surface area (TPSA) is 137 Å². The molecule has 11 nitrogen and oxygen atoms in total. The van der Waals surface area contributed by atoms with Crippen LogP contribution in [0.2, 0.25) is 5.02 Å². The van der Waals surface area contributed by atoms with E-state index in [1.54, 1.807) is 24.3 Å². The lowest BCUT2D eigenvalue weighted by Crippen LogP contribution is -2.61. The average Bonchev–Trinajstić information content (AvgIpc) is 3.29. The minimum atomic E-state index is -4.08. The number of hydrogen-bond acceptors (Lipinski definition) is 9. The lowest BCUT2D eigenvalue weighted by molar-refractivity contribution is -0.125. The molecular formula is C24H27Cl2N5O6S3. The molecule has 1 fully saturated rings. The minimum Gasteiger partial charge on any atom is -0.322 e. The zero-order valence-electron chi connectivity index (χ0n) is 21.5. The fourth-order valence-electron chi connectivity index (χ4n) is 4.74. The predicted octanol–water partition coefficient (Wildman–Crippen LogP) is 1.95. The van der Waals surface area contributed by atoms with Gasteiger partial charge in [-0.05, 0) is 42.1 Å². The number of benzene rings is 2. The molecule has 2 aliphatic heterocycles. The number of carbonyl (C=O) groups is 2. The molecule has 1 atom stereocenters. The number of sulfonamides is 2. The van der Waals surface area contributed by atoms with Crippen LogP contribution < -0.4 is 4.72 Å². The Hall–Kier alpha value is -2.33. The van der Waals surface area contributed by atoms with Crippen molar-refractivity contribution in [2.24, 2.45) is 0 Å². The van der Waals surface area contributed by atoms with Gasteiger partial charge in [0.1, 0.15) is 6.04 Å². The van der Waals surface area contributed by atoms with Crippen LogP contribution in [0.1, 0.15) is 20.4 Å². The van der Waals surface area contributed by atoms with Crippen LogP contribution in [0, 0.1) is 0 Å². The first-order valence-corrected chi connectivity index (χ1v) is 16.5. The van der Waals surface area contributed by atoms with Gasteiger partial charge in [-0.15, -0.1) is 23.7 Å². The molecule has 0 bridgehead atoms. The van der Waals surface area contributed by atoms with Crippen molar-refractivity contribution in [2.45, 2.75) is 23.9 Å². The first kappa shape index (κ1) is 30.6. The minimum absolute atomic E-state index is 0. The van der Waals surface area contributed by atoms with Gasteiger partial charge in [0.25, 0.3) is 11.8 Å². The van der Waals surface area contributed by atoms with Crippen LogP contribution in [-0.2, 0) is 37.8 Å². The third-order valence-corrected chi connectivity index (χ3v) is 10.4. The number of likely N-dealkylation sites (N-methyl/N-ethyl adjacent to an activating group) is 1. The second-order valence-corrected chi connectivity index (χ2v) is 14.9. The highest BCUT2D eigenvalue weighted by molar-refractivity contribution is 7.89. The molecule has 3 aromatic rings. The van der Waals surface area contributed by atoms with Gasteiger partial charge in [-0.3, -0.25) is 14.3 Å². The molecule has 2 aliphatic rings. The van der Waals surface area contributed by atoms with Crippen LogP contribution in [0.15, 0.2) is 41.3 Å². The van der Waals surface area contributed by atoms with E-state index in [2.05, 4.69) is 9.88 Å². The average molecular weight is 649 g/mol. The molecule has 0 spiro atoms. The Morgan fingerprint density at radius 2 is 1.75 bits per heavy atom. The van der Waals surface area contributed by atoms with Gasteiger partial charge in [-0.2, -0.15) is 4.31 Å². The molecule has 16 heteroatoms. The quantitative estimate of drug-likeness (QED) is 0.444. The summed E-state index contributed by atoms with van der Waals surface area (Å²) in [6, 6.07) is 8.32. The molecule has 1 N–H and O–H groups in total. The SMILES string of the molecule is CN1CCc2nc(C(=O)N3CCN(S(=O)(=O)c4ccc5cc(Cl)ccc5c4)CC3C(=O)NS(C)(=O)=O)sc2C1.Cl. The summed E-state index contributed by atoms with van der Waals surface area (Å²) in [7, 11) is -6.07. The van der Waals surface area contributed by atoms with Crippen molar-refractivity contribution in [1.82, 2.24) is 23.8 Å². The maximum atomic E-state index is 13.6. The number of nitrogens with zero attached hydrogens (tertiary/aromatic N) is 4. The fraction of sp³-hybridized carbons (Fsp3) is 0.375. The highest BCUT2D eigenvalue weighted by atomic mass is 35.5. The van der Waals surface area contributed by atoms with E-state index in [4.69, 9.17) is 11.6 Å². The fourth-order valence-corrected chi connectivity index (χ4v) is 8.04. The first-order chi connectivity index (χ1) is 18.3. The molecule has 1 aromatic heterocycles. The number of hydrogen-bond donors (Lipinski definition) is 1. The maximum absolute atomic E-state index is 13.6. The van der Waals surface area contributed by atoms with Crippen molar-refractivity contribution in [3.63, 3.8) is 0 Å². The largest absolute Gasteiger partial charge is 0.322 e. The third-order valence-electron chi connectivity index (χ3n) is 6.71. The summed E-state index contributed by atoms with van der Waals surface area (Å²) in [6.45, 7) is 0.850. The number of carbonyl (C=O) groups excluding carboxylic acids is 2. The molecule has 0 saturated carbocycles. The molecule has 40 heavy (non-hydrogen) atoms. The van der Waals surface area contributed by atoms with Crippen molar-refractivity contribution in [1.29, 1.82) is 0 Å². The van der Waals surface area contributed by atoms with Gasteiger partial charge in [-0.25, -0.2) is 21.8 Å². The standard InChI is InChI=1S/C24H26ClN5O6S3.ClH/c1-28-8-7-19-21(14-28)37-23(26-19)24(32)30-10-9-29(13-20(30)22(31)27-38(2,33)34)39(35,36)18-6-4-15-11-17(25)5-3-16(15)12-18;/h3-6,11-12,20H,7-10,13-14H2,1-2H3,(H,27,31);1H. The van der Waals surface area contributed by atoms with Gasteiger partial charge < -0.3 is 9.80 Å². The zero-order chi connectivity index (χ0) is 28.1. The second-order valence-electron chi connectivity index (χ2n) is 9.65. The number of amides is 2. The van der Waals surface area contributed by atoms with E-state index in [0.29, 0.717) is 23.4 Å². The van der Waals surface area contributed by atoms with Gasteiger partial charge >= 0.3 is 0 Å². The maximum Gasteiger partial charge on any atom is 0.283 e. The summed E-state index contributed by atoms with van der Waals surface area (Å²) < 4.78 is 53.9. The summed E-state index contributed by atoms with van der Waals surface area (Å²) in [5, 5.41) is 2.14. The van der Waals surface area contributed by atoms with Gasteiger partial charge in [-0.1, -0.05) is 23.7 Å². The third kappa shape index (κ3) is 6.27. The van der Waals surface area contributed by atoms with Crippen molar-refractivity contribution in [3.8, 4) is 0 Å². The highest BCUT2D eigenvalue weighted by Crippen LogP contribution is 2.29. The van der Waals surface area contributed by atoms with E-state index >= 15 is 0 Å². The lowest BCUT2D eigenvalue weighted by atomic mass is 10.1. The number of thiazole rings is 1. The molecule has 2 amide bonds. The number of aromatic nitrogens is 1. The van der Waals surface area contributed by atoms with E-state index in [0.717, 1.165) is 33.1 Å². The van der Waals surface area contributed by atoms with Gasteiger partial charge in [0.15, 0.2) is 5.01 Å². The molecular weight excluding hydrogens is 621 g/mol. The first-order valence-electron chi connectivity index (χ1n) is 12.0. The Morgan fingerprint density at radius 1 is 1.05 bits per heavy atom. The van der Waals surface area contributed by atoms with Gasteiger partial charge in [0, 0.05) is 49.0 Å². The van der Waals surface area contributed by atoms with Crippen LogP contribution >= 0.6 is 35.3 Å². The van der Waals surface area contributed by atoms with Crippen LogP contribution in [-0.4, -0.2) is 93.3 Å². The van der Waals surface area contributed by atoms with Crippen LogP contribution in [0.3, 0.4) is 0 Å². The van der Waals surface area contributed by atoms with Crippen LogP contribution in [0.25, 0.3) is 10.8 Å². The second kappa shape index (κ2) is 11.5. The highest BCUT2D eigenvalue weighted by Gasteiger charge is 2.42. The van der Waals surface area contributed by atoms with E-state index in [9.17, 15) is 26.4 Å². The Kier molecular flexibility index (Phi) is 8.81. The Bertz CT molecular complexity index is 1700. The number of halogens is 2. The van der Waals surface area contributed by atoms with Crippen LogP contribution in [0.5, 0.6) is 0 Å². The molecule has 5 rings (SSSR count). The van der Waals surface area contributed by atoms with E-state index in [1.165, 1.54) is 28.4 Å². The molecule has 3 heterocycles. The Morgan fingerprint density at radius 3 is 2.48 bits per heavy atom. The number of rotatable bonds is 5. The monoisotopic (exact) mass is 647 g/mol. The van der Waals surface area contributed by atoms with Gasteiger partial charge in [0.2, 0.25) is 20.0 Å². The Labute approximate surface area is 247 Å². The summed E-state index contributed by atoms with van der Waals surface area (Å²) in [4.78, 5) is 35.4. The molecule has 0 aliphatic carbocycles. The Balaban J connectivity index is 0.00000370. The zero-order valence-corrected chi connectivity index (χ0v) is 25.6. The van der Waals surface area contributed by atoms with Crippen molar-refractivity contribution >= 4 is 78.0 Å². The smallest absolute Gasteiger partial charge is 0.283 e. The summed E-state index contributed by atoms with van der Waals surface area (Å²) in [5.74, 6) is -1.52. The molecule has 0 radical (unpaired) electrons.